The van der Waals surface area contributed by atoms with Gasteiger partial charge in [0, 0.05) is 6.42 Å². The van der Waals surface area contributed by atoms with Gasteiger partial charge in [0.1, 0.15) is 6.04 Å². The molecule has 0 radical (unpaired) electrons. The molecule has 0 aromatic heterocycles. The SMILES string of the molecule is O=C(COC(=O)[C@H](Cc1ccccc1)N1C(=O)[C@H]2CC=CC[C@@H]2C1=O)Nc1ccccc1Cl. The molecule has 3 amide bonds. The molecule has 0 unspecified atom stereocenters. The van der Waals surface area contributed by atoms with Crippen LogP contribution in [0.15, 0.2) is 66.7 Å². The molecule has 170 valence electrons. The molecule has 1 fully saturated rings. The number of amides is 3. The minimum absolute atomic E-state index is 0.107. The molecule has 0 bridgehead atoms. The Kier molecular flexibility index (Phi) is 6.89. The van der Waals surface area contributed by atoms with Gasteiger partial charge >= 0.3 is 5.97 Å². The average Bonchev–Trinajstić information content (AvgIpc) is 3.08. The number of halogens is 1. The van der Waals surface area contributed by atoms with E-state index in [2.05, 4.69) is 5.32 Å². The van der Waals surface area contributed by atoms with Crippen molar-refractivity contribution in [3.8, 4) is 0 Å². The van der Waals surface area contributed by atoms with Crippen LogP contribution in [0.4, 0.5) is 5.69 Å². The summed E-state index contributed by atoms with van der Waals surface area (Å²) < 4.78 is 5.26. The summed E-state index contributed by atoms with van der Waals surface area (Å²) in [5.41, 5.74) is 1.16. The molecule has 8 heteroatoms. The van der Waals surface area contributed by atoms with Gasteiger partial charge in [0.25, 0.3) is 5.91 Å². The van der Waals surface area contributed by atoms with Crippen molar-refractivity contribution >= 4 is 41.0 Å². The summed E-state index contributed by atoms with van der Waals surface area (Å²) in [7, 11) is 0. The van der Waals surface area contributed by atoms with Crippen LogP contribution >= 0.6 is 11.6 Å². The van der Waals surface area contributed by atoms with Gasteiger partial charge in [-0.25, -0.2) is 4.79 Å². The summed E-state index contributed by atoms with van der Waals surface area (Å²) in [5.74, 6) is -3.04. The number of carbonyl (C=O) groups is 4. The summed E-state index contributed by atoms with van der Waals surface area (Å²) in [6.07, 6.45) is 4.83. The van der Waals surface area contributed by atoms with E-state index in [0.717, 1.165) is 10.5 Å². The highest BCUT2D eigenvalue weighted by atomic mass is 35.5. The van der Waals surface area contributed by atoms with E-state index < -0.39 is 36.4 Å². The Hall–Kier alpha value is -3.45. The van der Waals surface area contributed by atoms with Crippen LogP contribution in [0.1, 0.15) is 18.4 Å². The predicted molar refractivity (Wildman–Crippen MR) is 122 cm³/mol. The lowest BCUT2D eigenvalue weighted by Crippen LogP contribution is -2.48. The number of para-hydroxylation sites is 1. The second kappa shape index (κ2) is 10.0. The average molecular weight is 467 g/mol. The molecule has 1 heterocycles. The molecule has 7 nitrogen and oxygen atoms in total. The van der Waals surface area contributed by atoms with Gasteiger partial charge in [0.15, 0.2) is 6.61 Å². The van der Waals surface area contributed by atoms with Crippen LogP contribution in [0.5, 0.6) is 0 Å². The fourth-order valence-corrected chi connectivity index (χ4v) is 4.42. The first-order chi connectivity index (χ1) is 16.0. The molecule has 0 saturated carbocycles. The Bertz CT molecular complexity index is 1070. The number of benzene rings is 2. The van der Waals surface area contributed by atoms with Gasteiger partial charge in [-0.05, 0) is 30.5 Å². The maximum atomic E-state index is 13.1. The number of hydrogen-bond donors (Lipinski definition) is 1. The molecule has 3 atom stereocenters. The van der Waals surface area contributed by atoms with Crippen molar-refractivity contribution in [2.45, 2.75) is 25.3 Å². The van der Waals surface area contributed by atoms with E-state index in [1.54, 1.807) is 24.3 Å². The fraction of sp³-hybridized carbons (Fsp3) is 0.280. The Morgan fingerprint density at radius 3 is 2.21 bits per heavy atom. The number of fused-ring (bicyclic) bond motifs is 1. The van der Waals surface area contributed by atoms with E-state index in [4.69, 9.17) is 16.3 Å². The topological polar surface area (TPSA) is 92.8 Å². The van der Waals surface area contributed by atoms with Crippen molar-refractivity contribution in [1.29, 1.82) is 0 Å². The van der Waals surface area contributed by atoms with Crippen molar-refractivity contribution in [2.75, 3.05) is 11.9 Å². The lowest BCUT2D eigenvalue weighted by Gasteiger charge is -2.25. The van der Waals surface area contributed by atoms with Crippen LogP contribution in [-0.2, 0) is 30.3 Å². The highest BCUT2D eigenvalue weighted by Gasteiger charge is 2.51. The number of imide groups is 1. The third-order valence-electron chi connectivity index (χ3n) is 5.89. The highest BCUT2D eigenvalue weighted by molar-refractivity contribution is 6.33. The van der Waals surface area contributed by atoms with Crippen molar-refractivity contribution < 1.29 is 23.9 Å². The minimum Gasteiger partial charge on any atom is -0.454 e. The zero-order chi connectivity index (χ0) is 23.4. The molecule has 2 aromatic rings. The first kappa shape index (κ1) is 22.7. The number of likely N-dealkylation sites (tertiary alicyclic amines) is 1. The lowest BCUT2D eigenvalue weighted by atomic mass is 9.85. The van der Waals surface area contributed by atoms with E-state index in [1.165, 1.54) is 0 Å². The number of nitrogens with one attached hydrogen (secondary N) is 1. The van der Waals surface area contributed by atoms with Crippen LogP contribution in [-0.4, -0.2) is 41.2 Å². The zero-order valence-electron chi connectivity index (χ0n) is 17.8. The van der Waals surface area contributed by atoms with E-state index in [9.17, 15) is 19.2 Å². The Balaban J connectivity index is 1.49. The molecular weight excluding hydrogens is 444 g/mol. The Morgan fingerprint density at radius 2 is 1.58 bits per heavy atom. The second-order valence-corrected chi connectivity index (χ2v) is 8.45. The predicted octanol–water partition coefficient (Wildman–Crippen LogP) is 3.38. The number of anilines is 1. The third-order valence-corrected chi connectivity index (χ3v) is 6.22. The maximum absolute atomic E-state index is 13.1. The zero-order valence-corrected chi connectivity index (χ0v) is 18.5. The lowest BCUT2D eigenvalue weighted by molar-refractivity contribution is -0.159. The maximum Gasteiger partial charge on any atom is 0.330 e. The summed E-state index contributed by atoms with van der Waals surface area (Å²) in [4.78, 5) is 52.6. The standard InChI is InChI=1S/C25H23ClN2O5/c26-19-12-6-7-13-20(19)27-22(29)15-33-25(32)21(14-16-8-2-1-3-9-16)28-23(30)17-10-4-5-11-18(17)24(28)31/h1-9,12-13,17-18,21H,10-11,14-15H2,(H,27,29)/t17-,18-,21-/m0/s1. The molecule has 1 aliphatic carbocycles. The normalized spacial score (nSPS) is 20.3. The molecule has 33 heavy (non-hydrogen) atoms. The summed E-state index contributed by atoms with van der Waals surface area (Å²) in [6.45, 7) is -0.569. The Labute approximate surface area is 196 Å². The number of rotatable bonds is 7. The molecule has 2 aliphatic rings. The Morgan fingerprint density at radius 1 is 0.970 bits per heavy atom. The first-order valence-corrected chi connectivity index (χ1v) is 11.1. The van der Waals surface area contributed by atoms with Crippen LogP contribution < -0.4 is 5.32 Å². The van der Waals surface area contributed by atoms with Gasteiger partial charge in [0.05, 0.1) is 22.5 Å². The number of carbonyl (C=O) groups excluding carboxylic acids is 4. The van der Waals surface area contributed by atoms with Crippen molar-refractivity contribution in [2.24, 2.45) is 11.8 Å². The van der Waals surface area contributed by atoms with Crippen LogP contribution in [0.2, 0.25) is 5.02 Å². The van der Waals surface area contributed by atoms with Crippen LogP contribution in [0.25, 0.3) is 0 Å². The number of nitrogens with zero attached hydrogens (tertiary/aromatic N) is 1. The monoisotopic (exact) mass is 466 g/mol. The number of allylic oxidation sites excluding steroid dienone is 2. The molecule has 0 spiro atoms. The minimum atomic E-state index is -1.15. The third kappa shape index (κ3) is 4.98. The van der Waals surface area contributed by atoms with Crippen molar-refractivity contribution in [3.63, 3.8) is 0 Å². The first-order valence-electron chi connectivity index (χ1n) is 10.7. The van der Waals surface area contributed by atoms with E-state index >= 15 is 0 Å². The summed E-state index contributed by atoms with van der Waals surface area (Å²) in [5, 5.41) is 2.93. The van der Waals surface area contributed by atoms with Gasteiger partial charge in [-0.2, -0.15) is 0 Å². The van der Waals surface area contributed by atoms with E-state index in [0.29, 0.717) is 23.6 Å². The summed E-state index contributed by atoms with van der Waals surface area (Å²) >= 11 is 6.04. The number of ether oxygens (including phenoxy) is 1. The largest absolute Gasteiger partial charge is 0.454 e. The molecular formula is C25H23ClN2O5. The fourth-order valence-electron chi connectivity index (χ4n) is 4.23. The van der Waals surface area contributed by atoms with Gasteiger partial charge in [-0.1, -0.05) is 66.2 Å². The van der Waals surface area contributed by atoms with Gasteiger partial charge in [-0.3, -0.25) is 19.3 Å². The summed E-state index contributed by atoms with van der Waals surface area (Å²) in [6, 6.07) is 14.6. The number of esters is 1. The van der Waals surface area contributed by atoms with Crippen molar-refractivity contribution in [1.82, 2.24) is 4.90 Å². The van der Waals surface area contributed by atoms with Gasteiger partial charge in [0.2, 0.25) is 11.8 Å². The smallest absolute Gasteiger partial charge is 0.330 e. The van der Waals surface area contributed by atoms with Crippen LogP contribution in [0, 0.1) is 11.8 Å². The molecule has 2 aromatic carbocycles. The molecule has 1 saturated heterocycles. The van der Waals surface area contributed by atoms with Crippen LogP contribution in [0.3, 0.4) is 0 Å². The second-order valence-electron chi connectivity index (χ2n) is 8.04. The highest BCUT2D eigenvalue weighted by Crippen LogP contribution is 2.36. The molecule has 1 N–H and O–H groups in total. The quantitative estimate of drug-likeness (QED) is 0.383. The molecule has 4 rings (SSSR count). The van der Waals surface area contributed by atoms with Crippen molar-refractivity contribution in [3.05, 3.63) is 77.3 Å². The van der Waals surface area contributed by atoms with Gasteiger partial charge < -0.3 is 10.1 Å². The molecule has 1 aliphatic heterocycles. The van der Waals surface area contributed by atoms with E-state index in [1.807, 2.05) is 42.5 Å². The van der Waals surface area contributed by atoms with Gasteiger partial charge in [-0.15, -0.1) is 0 Å². The number of hydrogen-bond acceptors (Lipinski definition) is 5. The van der Waals surface area contributed by atoms with E-state index in [-0.39, 0.29) is 18.2 Å².